The lowest BCUT2D eigenvalue weighted by molar-refractivity contribution is 0.0895. The number of rotatable bonds is 6. The molecule has 0 saturated carbocycles. The van der Waals surface area contributed by atoms with E-state index >= 15 is 0 Å². The Bertz CT molecular complexity index is 1700. The highest BCUT2D eigenvalue weighted by molar-refractivity contribution is 5.89. The van der Waals surface area contributed by atoms with Gasteiger partial charge < -0.3 is 15.2 Å². The molecule has 1 aromatic carbocycles. The van der Waals surface area contributed by atoms with Crippen LogP contribution in [0.15, 0.2) is 53.6 Å². The first-order chi connectivity index (χ1) is 19.7. The number of hydrogen-bond donors (Lipinski definition) is 2. The van der Waals surface area contributed by atoms with E-state index in [2.05, 4.69) is 47.9 Å². The Morgan fingerprint density at radius 3 is 2.63 bits per heavy atom. The number of carbonyl (C=O) groups excluding carboxylic acids is 1. The average molecular weight is 554 g/mol. The molecule has 11 nitrogen and oxygen atoms in total. The Balaban J connectivity index is 1.26. The lowest BCUT2D eigenvalue weighted by Gasteiger charge is -2.22. The van der Waals surface area contributed by atoms with Gasteiger partial charge in [-0.1, -0.05) is 38.1 Å². The van der Waals surface area contributed by atoms with E-state index < -0.39 is 5.91 Å². The van der Waals surface area contributed by atoms with Crippen LogP contribution in [0.25, 0.3) is 28.0 Å². The molecule has 1 atom stereocenters. The topological polar surface area (TPSA) is 128 Å². The number of hydrogen-bond acceptors (Lipinski definition) is 8. The number of carbonyl (C=O) groups is 1. The highest BCUT2D eigenvalue weighted by atomic mass is 16.5. The fraction of sp³-hybridized carbons (Fsp3) is 0.400. The quantitative estimate of drug-likeness (QED) is 0.311. The Morgan fingerprint density at radius 1 is 1.10 bits per heavy atom. The number of nitrogens with zero attached hydrogens (tertiary/aromatic N) is 7. The van der Waals surface area contributed by atoms with Crippen molar-refractivity contribution >= 4 is 11.4 Å². The minimum atomic E-state index is -0.399. The largest absolute Gasteiger partial charge is 0.341 e. The van der Waals surface area contributed by atoms with Gasteiger partial charge in [0.2, 0.25) is 0 Å². The van der Waals surface area contributed by atoms with Crippen LogP contribution < -0.4 is 10.6 Å². The van der Waals surface area contributed by atoms with Crippen molar-refractivity contribution in [3.63, 3.8) is 0 Å². The third-order valence-electron chi connectivity index (χ3n) is 7.62. The molecule has 6 rings (SSSR count). The number of benzene rings is 1. The standard InChI is InChI=1S/C30H35N9O2/c1-18-14-20(6-7-23(18)19(2)34-27(40)28-36-29(37-41-28)30(3,4)5)26-25-10-13-32-39(25)17-24(35-26)21-15-33-38(16-21)22-8-11-31-12-9-22/h6-7,10,13-17,19,22,31H,8-9,11-12H2,1-5H3,(H,34,40)/t19-/m1/s1. The lowest BCUT2D eigenvalue weighted by atomic mass is 9.96. The molecule has 1 aliphatic heterocycles. The summed E-state index contributed by atoms with van der Waals surface area (Å²) >= 11 is 0. The third kappa shape index (κ3) is 5.37. The molecule has 41 heavy (non-hydrogen) atoms. The maximum absolute atomic E-state index is 12.8. The normalized spacial score (nSPS) is 15.3. The summed E-state index contributed by atoms with van der Waals surface area (Å²) in [6.07, 6.45) is 9.83. The van der Waals surface area contributed by atoms with Gasteiger partial charge in [-0.3, -0.25) is 9.48 Å². The number of aryl methyl sites for hydroxylation is 1. The van der Waals surface area contributed by atoms with E-state index in [1.165, 1.54) is 0 Å². The fourth-order valence-corrected chi connectivity index (χ4v) is 5.29. The first-order valence-electron chi connectivity index (χ1n) is 14.0. The van der Waals surface area contributed by atoms with Crippen LogP contribution in [0.5, 0.6) is 0 Å². The van der Waals surface area contributed by atoms with Crippen LogP contribution in [-0.4, -0.2) is 53.5 Å². The summed E-state index contributed by atoms with van der Waals surface area (Å²) in [6, 6.07) is 8.26. The molecule has 2 N–H and O–H groups in total. The summed E-state index contributed by atoms with van der Waals surface area (Å²) in [4.78, 5) is 22.2. The van der Waals surface area contributed by atoms with Gasteiger partial charge in [0, 0.05) is 22.7 Å². The van der Waals surface area contributed by atoms with Gasteiger partial charge in [0.25, 0.3) is 0 Å². The van der Waals surface area contributed by atoms with Crippen molar-refractivity contribution in [2.75, 3.05) is 13.1 Å². The van der Waals surface area contributed by atoms with E-state index in [1.807, 2.05) is 69.7 Å². The first kappa shape index (κ1) is 26.8. The summed E-state index contributed by atoms with van der Waals surface area (Å²) < 4.78 is 9.15. The number of amides is 1. The van der Waals surface area contributed by atoms with Crippen molar-refractivity contribution in [1.29, 1.82) is 0 Å². The zero-order valence-corrected chi connectivity index (χ0v) is 24.0. The molecule has 212 valence electrons. The maximum atomic E-state index is 12.8. The van der Waals surface area contributed by atoms with E-state index in [4.69, 9.17) is 9.51 Å². The van der Waals surface area contributed by atoms with Crippen LogP contribution in [-0.2, 0) is 5.41 Å². The Hall–Kier alpha value is -4.38. The van der Waals surface area contributed by atoms with Gasteiger partial charge in [-0.25, -0.2) is 9.50 Å². The van der Waals surface area contributed by atoms with E-state index in [1.54, 1.807) is 6.20 Å². The second kappa shape index (κ2) is 10.5. The zero-order valence-electron chi connectivity index (χ0n) is 24.0. The number of piperidine rings is 1. The molecule has 1 aliphatic rings. The molecule has 0 bridgehead atoms. The molecular formula is C30H35N9O2. The summed E-state index contributed by atoms with van der Waals surface area (Å²) in [7, 11) is 0. The maximum Gasteiger partial charge on any atom is 0.315 e. The molecule has 5 heterocycles. The number of aromatic nitrogens is 7. The van der Waals surface area contributed by atoms with E-state index in [0.29, 0.717) is 11.9 Å². The predicted molar refractivity (Wildman–Crippen MR) is 154 cm³/mol. The van der Waals surface area contributed by atoms with Crippen molar-refractivity contribution in [3.05, 3.63) is 71.9 Å². The smallest absolute Gasteiger partial charge is 0.315 e. The van der Waals surface area contributed by atoms with Gasteiger partial charge >= 0.3 is 11.8 Å². The third-order valence-corrected chi connectivity index (χ3v) is 7.62. The average Bonchev–Trinajstić information content (AvgIpc) is 3.73. The van der Waals surface area contributed by atoms with Crippen LogP contribution in [0.1, 0.15) is 80.3 Å². The van der Waals surface area contributed by atoms with Crippen LogP contribution in [0.2, 0.25) is 0 Å². The van der Waals surface area contributed by atoms with Gasteiger partial charge in [-0.2, -0.15) is 15.2 Å². The molecule has 0 radical (unpaired) electrons. The SMILES string of the molecule is Cc1cc(-c2nc(-c3cnn(C4CCNCC4)c3)cn3nccc23)ccc1[C@@H](C)NC(=O)c1nc(C(C)(C)C)no1. The van der Waals surface area contributed by atoms with Crippen molar-refractivity contribution in [3.8, 4) is 22.5 Å². The number of nitrogens with one attached hydrogen (secondary N) is 2. The van der Waals surface area contributed by atoms with Gasteiger partial charge in [-0.05, 0) is 63.0 Å². The molecule has 0 spiro atoms. The summed E-state index contributed by atoms with van der Waals surface area (Å²) in [5.74, 6) is 0.0587. The lowest BCUT2D eigenvalue weighted by Crippen LogP contribution is -2.29. The van der Waals surface area contributed by atoms with Gasteiger partial charge in [0.05, 0.1) is 47.6 Å². The molecule has 1 fully saturated rings. The van der Waals surface area contributed by atoms with Gasteiger partial charge in [0.1, 0.15) is 0 Å². The molecule has 0 aliphatic carbocycles. The van der Waals surface area contributed by atoms with Crippen molar-refractivity contribution < 1.29 is 9.32 Å². The van der Waals surface area contributed by atoms with Crippen molar-refractivity contribution in [1.82, 2.24) is 45.2 Å². The summed E-state index contributed by atoms with van der Waals surface area (Å²) in [5, 5.41) is 19.5. The van der Waals surface area contributed by atoms with Crippen LogP contribution in [0.4, 0.5) is 0 Å². The predicted octanol–water partition coefficient (Wildman–Crippen LogP) is 4.66. The minimum absolute atomic E-state index is 0.0383. The molecule has 5 aromatic rings. The highest BCUT2D eigenvalue weighted by Crippen LogP contribution is 2.30. The monoisotopic (exact) mass is 553 g/mol. The molecule has 11 heteroatoms. The first-order valence-corrected chi connectivity index (χ1v) is 14.0. The fourth-order valence-electron chi connectivity index (χ4n) is 5.29. The van der Waals surface area contributed by atoms with E-state index in [-0.39, 0.29) is 17.3 Å². The van der Waals surface area contributed by atoms with Crippen molar-refractivity contribution in [2.24, 2.45) is 0 Å². The minimum Gasteiger partial charge on any atom is -0.341 e. The van der Waals surface area contributed by atoms with Crippen LogP contribution in [0, 0.1) is 6.92 Å². The van der Waals surface area contributed by atoms with Gasteiger partial charge in [-0.15, -0.1) is 0 Å². The van der Waals surface area contributed by atoms with Crippen molar-refractivity contribution in [2.45, 2.75) is 65.0 Å². The molecule has 1 saturated heterocycles. The Morgan fingerprint density at radius 2 is 1.90 bits per heavy atom. The molecule has 1 amide bonds. The second-order valence-corrected chi connectivity index (χ2v) is 11.8. The van der Waals surface area contributed by atoms with Crippen LogP contribution >= 0.6 is 0 Å². The highest BCUT2D eigenvalue weighted by Gasteiger charge is 2.25. The summed E-state index contributed by atoms with van der Waals surface area (Å²) in [5.41, 5.74) is 6.20. The van der Waals surface area contributed by atoms with Gasteiger partial charge in [0.15, 0.2) is 5.82 Å². The molecule has 4 aromatic heterocycles. The Kier molecular flexibility index (Phi) is 6.90. The van der Waals surface area contributed by atoms with E-state index in [9.17, 15) is 4.79 Å². The zero-order chi connectivity index (χ0) is 28.7. The second-order valence-electron chi connectivity index (χ2n) is 11.8. The molecule has 0 unspecified atom stereocenters. The number of fused-ring (bicyclic) bond motifs is 1. The summed E-state index contributed by atoms with van der Waals surface area (Å²) in [6.45, 7) is 11.9. The molecular weight excluding hydrogens is 518 g/mol. The van der Waals surface area contributed by atoms with E-state index in [0.717, 1.165) is 65.1 Å². The van der Waals surface area contributed by atoms with Crippen LogP contribution in [0.3, 0.4) is 0 Å². The Labute approximate surface area is 238 Å².